The number of rotatable bonds is 5. The van der Waals surface area contributed by atoms with Crippen LogP contribution in [0.25, 0.3) is 0 Å². The quantitative estimate of drug-likeness (QED) is 0.629. The SMILES string of the molecule is CC1(C)CCC(C)(C)c2cc(C(C(=O)O)C(=O)Nc3ccccc3C(=O)O)ccc21. The number of carboxylic acids is 2. The van der Waals surface area contributed by atoms with Gasteiger partial charge in [-0.05, 0) is 52.5 Å². The van der Waals surface area contributed by atoms with Crippen LogP contribution in [0.2, 0.25) is 0 Å². The van der Waals surface area contributed by atoms with Gasteiger partial charge in [0.15, 0.2) is 5.92 Å². The topological polar surface area (TPSA) is 104 Å². The Morgan fingerprint density at radius 3 is 2.10 bits per heavy atom. The highest BCUT2D eigenvalue weighted by Crippen LogP contribution is 2.46. The van der Waals surface area contributed by atoms with Crippen molar-refractivity contribution < 1.29 is 24.6 Å². The number of hydrogen-bond acceptors (Lipinski definition) is 3. The number of benzene rings is 2. The highest BCUT2D eigenvalue weighted by Gasteiger charge is 2.38. The summed E-state index contributed by atoms with van der Waals surface area (Å²) in [4.78, 5) is 36.3. The van der Waals surface area contributed by atoms with Gasteiger partial charge in [-0.25, -0.2) is 4.79 Å². The van der Waals surface area contributed by atoms with Crippen molar-refractivity contribution in [3.63, 3.8) is 0 Å². The molecule has 3 rings (SSSR count). The first-order valence-electron chi connectivity index (χ1n) is 9.95. The highest BCUT2D eigenvalue weighted by atomic mass is 16.4. The Morgan fingerprint density at radius 2 is 1.50 bits per heavy atom. The number of nitrogens with one attached hydrogen (secondary N) is 1. The summed E-state index contributed by atoms with van der Waals surface area (Å²) < 4.78 is 0. The first-order valence-corrected chi connectivity index (χ1v) is 9.95. The van der Waals surface area contributed by atoms with Gasteiger partial charge in [-0.2, -0.15) is 0 Å². The lowest BCUT2D eigenvalue weighted by atomic mass is 9.62. The lowest BCUT2D eigenvalue weighted by molar-refractivity contribution is -0.141. The predicted octanol–water partition coefficient (Wildman–Crippen LogP) is 4.54. The number of aliphatic carboxylic acids is 1. The van der Waals surface area contributed by atoms with E-state index in [-0.39, 0.29) is 22.1 Å². The summed E-state index contributed by atoms with van der Waals surface area (Å²) in [5.74, 6) is -4.70. The van der Waals surface area contributed by atoms with Gasteiger partial charge in [0, 0.05) is 0 Å². The Balaban J connectivity index is 2.01. The number of amides is 1. The number of para-hydroxylation sites is 1. The van der Waals surface area contributed by atoms with Crippen LogP contribution in [-0.4, -0.2) is 28.1 Å². The Bertz CT molecular complexity index is 1020. The molecule has 2 aromatic rings. The average molecular weight is 409 g/mol. The zero-order chi connectivity index (χ0) is 22.3. The first kappa shape index (κ1) is 21.6. The largest absolute Gasteiger partial charge is 0.480 e. The number of carbonyl (C=O) groups is 3. The highest BCUT2D eigenvalue weighted by molar-refractivity contribution is 6.10. The molecule has 0 saturated carbocycles. The van der Waals surface area contributed by atoms with Crippen LogP contribution >= 0.6 is 0 Å². The van der Waals surface area contributed by atoms with Gasteiger partial charge in [-0.3, -0.25) is 9.59 Å². The van der Waals surface area contributed by atoms with E-state index < -0.39 is 23.8 Å². The van der Waals surface area contributed by atoms with Crippen LogP contribution in [0.1, 0.15) is 73.5 Å². The van der Waals surface area contributed by atoms with Crippen LogP contribution in [-0.2, 0) is 20.4 Å². The molecular formula is C24H27NO5. The zero-order valence-corrected chi connectivity index (χ0v) is 17.7. The van der Waals surface area contributed by atoms with Crippen molar-refractivity contribution in [2.45, 2.75) is 57.3 Å². The van der Waals surface area contributed by atoms with Gasteiger partial charge in [0.2, 0.25) is 5.91 Å². The summed E-state index contributed by atoms with van der Waals surface area (Å²) in [6.07, 6.45) is 1.99. The summed E-state index contributed by atoms with van der Waals surface area (Å²) in [5, 5.41) is 21.6. The molecule has 1 amide bonds. The molecule has 3 N–H and O–H groups in total. The molecule has 0 saturated heterocycles. The summed E-state index contributed by atoms with van der Waals surface area (Å²) in [6.45, 7) is 8.60. The Kier molecular flexibility index (Phi) is 5.46. The number of carboxylic acid groups (broad SMARTS) is 2. The molecule has 0 bridgehead atoms. The van der Waals surface area contributed by atoms with Crippen LogP contribution in [0, 0.1) is 0 Å². The molecule has 0 aliphatic heterocycles. The van der Waals surface area contributed by atoms with Crippen LogP contribution in [0.5, 0.6) is 0 Å². The minimum atomic E-state index is -1.45. The van der Waals surface area contributed by atoms with E-state index in [1.807, 2.05) is 12.1 Å². The Morgan fingerprint density at radius 1 is 0.900 bits per heavy atom. The van der Waals surface area contributed by atoms with Gasteiger partial charge in [-0.15, -0.1) is 0 Å². The normalized spacial score (nSPS) is 17.5. The monoisotopic (exact) mass is 409 g/mol. The van der Waals surface area contributed by atoms with E-state index in [0.717, 1.165) is 18.4 Å². The van der Waals surface area contributed by atoms with E-state index in [4.69, 9.17) is 0 Å². The van der Waals surface area contributed by atoms with Crippen molar-refractivity contribution in [1.29, 1.82) is 0 Å². The molecule has 0 heterocycles. The molecule has 158 valence electrons. The Labute approximate surface area is 175 Å². The molecule has 6 nitrogen and oxygen atoms in total. The van der Waals surface area contributed by atoms with E-state index in [0.29, 0.717) is 5.56 Å². The second-order valence-electron chi connectivity index (χ2n) is 9.18. The molecule has 1 atom stereocenters. The maximum absolute atomic E-state index is 12.9. The second kappa shape index (κ2) is 7.59. The van der Waals surface area contributed by atoms with Crippen molar-refractivity contribution >= 4 is 23.5 Å². The third-order valence-corrected chi connectivity index (χ3v) is 6.13. The van der Waals surface area contributed by atoms with Gasteiger partial charge < -0.3 is 15.5 Å². The van der Waals surface area contributed by atoms with E-state index >= 15 is 0 Å². The lowest BCUT2D eigenvalue weighted by Crippen LogP contribution is -2.35. The third-order valence-electron chi connectivity index (χ3n) is 6.13. The number of aromatic carboxylic acids is 1. The van der Waals surface area contributed by atoms with E-state index in [1.54, 1.807) is 18.2 Å². The van der Waals surface area contributed by atoms with Gasteiger partial charge in [0.25, 0.3) is 0 Å². The molecule has 0 radical (unpaired) electrons. The molecule has 1 aliphatic carbocycles. The van der Waals surface area contributed by atoms with Gasteiger partial charge in [-0.1, -0.05) is 58.0 Å². The fourth-order valence-corrected chi connectivity index (χ4v) is 4.18. The minimum absolute atomic E-state index is 0.0230. The maximum atomic E-state index is 12.9. The molecule has 0 spiro atoms. The lowest BCUT2D eigenvalue weighted by Gasteiger charge is -2.42. The molecule has 2 aromatic carbocycles. The van der Waals surface area contributed by atoms with Crippen LogP contribution in [0.3, 0.4) is 0 Å². The van der Waals surface area contributed by atoms with E-state index in [2.05, 4.69) is 33.0 Å². The fraction of sp³-hybridized carbons (Fsp3) is 0.375. The van der Waals surface area contributed by atoms with Crippen LogP contribution in [0.4, 0.5) is 5.69 Å². The molecule has 0 fully saturated rings. The Hall–Kier alpha value is -3.15. The van der Waals surface area contributed by atoms with E-state index in [1.165, 1.54) is 17.7 Å². The molecule has 6 heteroatoms. The number of anilines is 1. The van der Waals surface area contributed by atoms with E-state index in [9.17, 15) is 24.6 Å². The average Bonchev–Trinajstić information content (AvgIpc) is 2.65. The van der Waals surface area contributed by atoms with Gasteiger partial charge in [0.1, 0.15) is 0 Å². The number of fused-ring (bicyclic) bond motifs is 1. The summed E-state index contributed by atoms with van der Waals surface area (Å²) in [6, 6.07) is 11.4. The van der Waals surface area contributed by atoms with Crippen molar-refractivity contribution in [3.05, 3.63) is 64.7 Å². The van der Waals surface area contributed by atoms with Gasteiger partial charge in [0.05, 0.1) is 11.3 Å². The van der Waals surface area contributed by atoms with Crippen molar-refractivity contribution in [2.75, 3.05) is 5.32 Å². The molecule has 1 unspecified atom stereocenters. The fourth-order valence-electron chi connectivity index (χ4n) is 4.18. The summed E-state index contributed by atoms with van der Waals surface area (Å²) in [7, 11) is 0. The van der Waals surface area contributed by atoms with Crippen molar-refractivity contribution in [2.24, 2.45) is 0 Å². The molecule has 1 aliphatic rings. The summed E-state index contributed by atoms with van der Waals surface area (Å²) in [5.41, 5.74) is 2.44. The number of carbonyl (C=O) groups excluding carboxylic acids is 1. The van der Waals surface area contributed by atoms with Crippen LogP contribution in [0.15, 0.2) is 42.5 Å². The predicted molar refractivity (Wildman–Crippen MR) is 114 cm³/mol. The van der Waals surface area contributed by atoms with Crippen LogP contribution < -0.4 is 5.32 Å². The third kappa shape index (κ3) is 3.95. The number of hydrogen-bond donors (Lipinski definition) is 3. The molecule has 30 heavy (non-hydrogen) atoms. The molecule has 0 aromatic heterocycles. The van der Waals surface area contributed by atoms with Crippen molar-refractivity contribution in [3.8, 4) is 0 Å². The molecular weight excluding hydrogens is 382 g/mol. The van der Waals surface area contributed by atoms with Crippen molar-refractivity contribution in [1.82, 2.24) is 0 Å². The zero-order valence-electron chi connectivity index (χ0n) is 17.7. The first-order chi connectivity index (χ1) is 13.9. The standard InChI is InChI=1S/C24H27NO5/c1-23(2)11-12-24(3,4)17-13-14(9-10-16(17)23)19(22(29)30)20(26)25-18-8-6-5-7-15(18)21(27)28/h5-10,13,19H,11-12H2,1-4H3,(H,25,26)(H,27,28)(H,29,30). The smallest absolute Gasteiger partial charge is 0.337 e. The summed E-state index contributed by atoms with van der Waals surface area (Å²) >= 11 is 0. The van der Waals surface area contributed by atoms with Gasteiger partial charge >= 0.3 is 11.9 Å². The minimum Gasteiger partial charge on any atom is -0.480 e. The second-order valence-corrected chi connectivity index (χ2v) is 9.18. The maximum Gasteiger partial charge on any atom is 0.337 e.